The summed E-state index contributed by atoms with van der Waals surface area (Å²) in [6, 6.07) is 10.7. The van der Waals surface area contributed by atoms with E-state index < -0.39 is 16.4 Å². The van der Waals surface area contributed by atoms with Crippen molar-refractivity contribution in [2.45, 2.75) is 76.9 Å². The molecule has 0 unspecified atom stereocenters. The van der Waals surface area contributed by atoms with Crippen LogP contribution in [0.2, 0.25) is 0 Å². The van der Waals surface area contributed by atoms with Gasteiger partial charge in [0.2, 0.25) is 5.60 Å². The van der Waals surface area contributed by atoms with Crippen LogP contribution in [0.5, 0.6) is 0 Å². The molecular weight excluding hydrogens is 352 g/mol. The maximum absolute atomic E-state index is 13.3. The molecule has 4 heteroatoms. The second-order valence-electron chi connectivity index (χ2n) is 10.1. The van der Waals surface area contributed by atoms with Gasteiger partial charge in [-0.3, -0.25) is 4.79 Å². The smallest absolute Gasteiger partial charge is 0.351 e. The van der Waals surface area contributed by atoms with Crippen LogP contribution in [0, 0.1) is 22.7 Å². The van der Waals surface area contributed by atoms with E-state index in [1.807, 2.05) is 20.8 Å². The van der Waals surface area contributed by atoms with Crippen molar-refractivity contribution in [2.75, 3.05) is 0 Å². The Morgan fingerprint density at radius 3 is 2.36 bits per heavy atom. The minimum absolute atomic E-state index is 0.0393. The highest BCUT2D eigenvalue weighted by atomic mass is 16.6. The fourth-order valence-corrected chi connectivity index (χ4v) is 6.74. The van der Waals surface area contributed by atoms with E-state index in [2.05, 4.69) is 30.3 Å². The molecule has 1 aromatic carbocycles. The van der Waals surface area contributed by atoms with Gasteiger partial charge in [-0.05, 0) is 68.8 Å². The van der Waals surface area contributed by atoms with Gasteiger partial charge in [0.1, 0.15) is 6.10 Å². The summed E-state index contributed by atoms with van der Waals surface area (Å²) >= 11 is 0. The maximum atomic E-state index is 13.3. The summed E-state index contributed by atoms with van der Waals surface area (Å²) in [6.07, 6.45) is 5.53. The normalized spacial score (nSPS) is 43.0. The van der Waals surface area contributed by atoms with E-state index in [1.165, 1.54) is 5.56 Å². The number of hydrogen-bond donors (Lipinski definition) is 0. The van der Waals surface area contributed by atoms with Gasteiger partial charge in [0.25, 0.3) is 0 Å². The number of benzene rings is 1. The van der Waals surface area contributed by atoms with Crippen LogP contribution in [0.3, 0.4) is 0 Å². The molecule has 0 radical (unpaired) electrons. The monoisotopic (exact) mass is 382 g/mol. The fourth-order valence-electron chi connectivity index (χ4n) is 6.74. The van der Waals surface area contributed by atoms with E-state index in [9.17, 15) is 9.59 Å². The van der Waals surface area contributed by atoms with E-state index in [4.69, 9.17) is 9.47 Å². The topological polar surface area (TPSA) is 52.6 Å². The van der Waals surface area contributed by atoms with Crippen LogP contribution < -0.4 is 0 Å². The van der Waals surface area contributed by atoms with Crippen LogP contribution >= 0.6 is 0 Å². The third kappa shape index (κ3) is 2.12. The predicted molar refractivity (Wildman–Crippen MR) is 104 cm³/mol. The van der Waals surface area contributed by atoms with Crippen molar-refractivity contribution in [2.24, 2.45) is 22.7 Å². The SMILES string of the molecule is CC1(C)[C@@]2(C)CC[C@]1(C(=O)O[C@@H]1CC[C@@H]3[C@H]1CC[C@H]3c1ccccc1)OC2=O. The molecule has 2 bridgehead atoms. The average Bonchev–Trinajstić information content (AvgIpc) is 3.35. The molecule has 4 nitrogen and oxygen atoms in total. The molecule has 6 atom stereocenters. The van der Waals surface area contributed by atoms with Crippen LogP contribution in [0.4, 0.5) is 0 Å². The van der Waals surface area contributed by atoms with E-state index >= 15 is 0 Å². The Morgan fingerprint density at radius 1 is 1.00 bits per heavy atom. The first-order valence-electron chi connectivity index (χ1n) is 10.8. The van der Waals surface area contributed by atoms with Crippen LogP contribution in [-0.4, -0.2) is 23.6 Å². The van der Waals surface area contributed by atoms with Crippen LogP contribution in [-0.2, 0) is 19.1 Å². The van der Waals surface area contributed by atoms with Gasteiger partial charge in [-0.15, -0.1) is 0 Å². The van der Waals surface area contributed by atoms with Gasteiger partial charge in [0.15, 0.2) is 0 Å². The zero-order valence-corrected chi connectivity index (χ0v) is 17.1. The standard InChI is InChI=1S/C24H30O4/c1-22(2)23(3)13-14-24(22,28-20(23)25)21(26)27-19-12-11-17-16(9-10-18(17)19)15-7-5-4-6-8-15/h4-8,16-19H,9-14H2,1-3H3/t16-,17-,18+,19+,23-,24+/m0/s1. The van der Waals surface area contributed by atoms with Crippen LogP contribution in [0.15, 0.2) is 30.3 Å². The molecule has 28 heavy (non-hydrogen) atoms. The van der Waals surface area contributed by atoms with Gasteiger partial charge >= 0.3 is 11.9 Å². The number of hydrogen-bond acceptors (Lipinski definition) is 4. The Morgan fingerprint density at radius 2 is 1.71 bits per heavy atom. The van der Waals surface area contributed by atoms with Crippen molar-refractivity contribution in [3.63, 3.8) is 0 Å². The molecule has 5 rings (SSSR count). The lowest BCUT2D eigenvalue weighted by atomic mass is 9.66. The predicted octanol–water partition coefficient (Wildman–Crippen LogP) is 4.62. The highest BCUT2D eigenvalue weighted by Gasteiger charge is 2.76. The first-order chi connectivity index (χ1) is 13.3. The summed E-state index contributed by atoms with van der Waals surface area (Å²) in [5.41, 5.74) is -0.809. The summed E-state index contributed by atoms with van der Waals surface area (Å²) in [4.78, 5) is 25.8. The molecule has 0 N–H and O–H groups in total. The second kappa shape index (κ2) is 5.84. The number of carbonyl (C=O) groups is 2. The molecule has 3 aliphatic carbocycles. The van der Waals surface area contributed by atoms with Crippen molar-refractivity contribution in [1.82, 2.24) is 0 Å². The van der Waals surface area contributed by atoms with Crippen molar-refractivity contribution < 1.29 is 19.1 Å². The van der Waals surface area contributed by atoms with E-state index in [1.54, 1.807) is 0 Å². The van der Waals surface area contributed by atoms with Crippen LogP contribution in [0.25, 0.3) is 0 Å². The lowest BCUT2D eigenvalue weighted by Crippen LogP contribution is -2.50. The maximum Gasteiger partial charge on any atom is 0.351 e. The first kappa shape index (κ1) is 18.2. The molecule has 0 amide bonds. The lowest BCUT2D eigenvalue weighted by molar-refractivity contribution is -0.188. The molecule has 4 fully saturated rings. The molecule has 150 valence electrons. The molecule has 3 saturated carbocycles. The molecular formula is C24H30O4. The molecule has 1 aromatic rings. The summed E-state index contributed by atoms with van der Waals surface area (Å²) in [5.74, 6) is 1.05. The van der Waals surface area contributed by atoms with Crippen molar-refractivity contribution in [3.05, 3.63) is 35.9 Å². The summed E-state index contributed by atoms with van der Waals surface area (Å²) in [7, 11) is 0. The zero-order valence-electron chi connectivity index (χ0n) is 17.1. The highest BCUT2D eigenvalue weighted by molar-refractivity contribution is 5.93. The second-order valence-corrected chi connectivity index (χ2v) is 10.1. The summed E-state index contributed by atoms with van der Waals surface area (Å²) in [6.45, 7) is 5.92. The van der Waals surface area contributed by atoms with Gasteiger partial charge < -0.3 is 9.47 Å². The molecule has 0 spiro atoms. The van der Waals surface area contributed by atoms with Gasteiger partial charge in [-0.25, -0.2) is 4.79 Å². The van der Waals surface area contributed by atoms with E-state index in [0.29, 0.717) is 30.6 Å². The summed E-state index contributed by atoms with van der Waals surface area (Å²) < 4.78 is 11.9. The average molecular weight is 383 g/mol. The minimum atomic E-state index is -1.10. The number of fused-ring (bicyclic) bond motifs is 3. The Bertz CT molecular complexity index is 815. The molecule has 4 aliphatic rings. The molecule has 1 aliphatic heterocycles. The van der Waals surface area contributed by atoms with Gasteiger partial charge in [-0.1, -0.05) is 44.2 Å². The Labute approximate surface area is 167 Å². The zero-order chi connectivity index (χ0) is 19.7. The van der Waals surface area contributed by atoms with Crippen molar-refractivity contribution >= 4 is 11.9 Å². The third-order valence-electron chi connectivity index (χ3n) is 9.04. The van der Waals surface area contributed by atoms with E-state index in [0.717, 1.165) is 25.7 Å². The largest absolute Gasteiger partial charge is 0.459 e. The first-order valence-corrected chi connectivity index (χ1v) is 10.8. The molecule has 1 saturated heterocycles. The summed E-state index contributed by atoms with van der Waals surface area (Å²) in [5, 5.41) is 0. The number of ether oxygens (including phenoxy) is 2. The van der Waals surface area contributed by atoms with Crippen LogP contribution in [0.1, 0.15) is 70.8 Å². The van der Waals surface area contributed by atoms with Crippen molar-refractivity contribution in [3.8, 4) is 0 Å². The van der Waals surface area contributed by atoms with Gasteiger partial charge in [0, 0.05) is 5.41 Å². The quantitative estimate of drug-likeness (QED) is 0.716. The number of rotatable bonds is 3. The van der Waals surface area contributed by atoms with Gasteiger partial charge in [0.05, 0.1) is 5.41 Å². The Kier molecular flexibility index (Phi) is 3.80. The van der Waals surface area contributed by atoms with Crippen molar-refractivity contribution in [1.29, 1.82) is 0 Å². The number of esters is 2. The van der Waals surface area contributed by atoms with E-state index in [-0.39, 0.29) is 18.0 Å². The van der Waals surface area contributed by atoms with Gasteiger partial charge in [-0.2, -0.15) is 0 Å². The fraction of sp³-hybridized carbons (Fsp3) is 0.667. The Balaban J connectivity index is 1.33. The molecule has 0 aromatic heterocycles. The third-order valence-corrected chi connectivity index (χ3v) is 9.04. The minimum Gasteiger partial charge on any atom is -0.459 e. The number of carbonyl (C=O) groups excluding carboxylic acids is 2. The lowest BCUT2D eigenvalue weighted by Gasteiger charge is -2.35. The Hall–Kier alpha value is -1.84. The highest BCUT2D eigenvalue weighted by Crippen LogP contribution is 2.66. The molecule has 1 heterocycles.